The number of nitrogens with one attached hydrogen (secondary N) is 1. The summed E-state index contributed by atoms with van der Waals surface area (Å²) >= 11 is 0. The number of hydrogen-bond donors (Lipinski definition) is 1. The highest BCUT2D eigenvalue weighted by Crippen LogP contribution is 2.22. The molecule has 2 aromatic heterocycles. The Morgan fingerprint density at radius 2 is 1.92 bits per heavy atom. The fourth-order valence-electron chi connectivity index (χ4n) is 3.22. The van der Waals surface area contributed by atoms with Crippen LogP contribution in [0.15, 0.2) is 48.7 Å². The van der Waals surface area contributed by atoms with Gasteiger partial charge in [0.15, 0.2) is 0 Å². The molecule has 0 fully saturated rings. The zero-order valence-electron chi connectivity index (χ0n) is 14.6. The minimum Gasteiger partial charge on any atom is -0.348 e. The number of rotatable bonds is 3. The summed E-state index contributed by atoms with van der Waals surface area (Å²) in [6.45, 7) is 5.00. The second kappa shape index (κ2) is 5.77. The largest absolute Gasteiger partial charge is 0.348 e. The van der Waals surface area contributed by atoms with Gasteiger partial charge in [-0.15, -0.1) is 0 Å². The van der Waals surface area contributed by atoms with Crippen molar-refractivity contribution in [3.8, 4) is 0 Å². The van der Waals surface area contributed by atoms with E-state index in [1.165, 1.54) is 5.52 Å². The molecule has 5 heteroatoms. The van der Waals surface area contributed by atoms with Crippen LogP contribution < -0.4 is 5.32 Å². The van der Waals surface area contributed by atoms with E-state index >= 15 is 0 Å². The zero-order valence-corrected chi connectivity index (χ0v) is 14.6. The fourth-order valence-corrected chi connectivity index (χ4v) is 3.22. The van der Waals surface area contributed by atoms with Crippen LogP contribution in [-0.2, 0) is 13.6 Å². The van der Waals surface area contributed by atoms with Crippen LogP contribution in [0.5, 0.6) is 0 Å². The molecule has 126 valence electrons. The van der Waals surface area contributed by atoms with Gasteiger partial charge in [-0.25, -0.2) is 4.98 Å². The quantitative estimate of drug-likeness (QED) is 0.614. The molecule has 0 aliphatic carbocycles. The first-order valence-corrected chi connectivity index (χ1v) is 8.40. The lowest BCUT2D eigenvalue weighted by molar-refractivity contribution is 0.102. The predicted octanol–water partition coefficient (Wildman–Crippen LogP) is 4.11. The zero-order chi connectivity index (χ0) is 17.6. The molecular formula is C20H20N4O. The third-order valence-corrected chi connectivity index (χ3v) is 4.74. The molecule has 1 amide bonds. The summed E-state index contributed by atoms with van der Waals surface area (Å²) < 4.78 is 4.20. The van der Waals surface area contributed by atoms with Crippen LogP contribution in [0.3, 0.4) is 0 Å². The highest BCUT2D eigenvalue weighted by molar-refractivity contribution is 6.06. The van der Waals surface area contributed by atoms with Gasteiger partial charge < -0.3 is 14.5 Å². The van der Waals surface area contributed by atoms with Gasteiger partial charge in [0, 0.05) is 41.9 Å². The highest BCUT2D eigenvalue weighted by Gasteiger charge is 2.11. The van der Waals surface area contributed by atoms with Gasteiger partial charge in [-0.1, -0.05) is 0 Å². The Bertz CT molecular complexity index is 1100. The van der Waals surface area contributed by atoms with E-state index in [4.69, 9.17) is 0 Å². The Balaban J connectivity index is 1.63. The third-order valence-electron chi connectivity index (χ3n) is 4.74. The molecule has 0 radical (unpaired) electrons. The van der Waals surface area contributed by atoms with Crippen molar-refractivity contribution in [1.29, 1.82) is 0 Å². The maximum atomic E-state index is 12.6. The number of aryl methyl sites for hydroxylation is 3. The fraction of sp³-hybridized carbons (Fsp3) is 0.200. The minimum absolute atomic E-state index is 0.125. The molecule has 0 atom stereocenters. The molecule has 4 aromatic rings. The van der Waals surface area contributed by atoms with Gasteiger partial charge in [0.05, 0.1) is 11.0 Å². The molecule has 2 aromatic carbocycles. The number of carbonyl (C=O) groups excluding carboxylic acids is 1. The van der Waals surface area contributed by atoms with E-state index in [-0.39, 0.29) is 5.91 Å². The SMILES string of the molecule is CCn1ccc2cc(NC(=O)c3ccc4c(c3)nc(C)n4C)ccc21. The van der Waals surface area contributed by atoms with Crippen LogP contribution in [0.25, 0.3) is 21.9 Å². The molecule has 0 bridgehead atoms. The van der Waals surface area contributed by atoms with E-state index in [0.717, 1.165) is 34.5 Å². The molecular weight excluding hydrogens is 312 g/mol. The van der Waals surface area contributed by atoms with Crippen LogP contribution in [0.4, 0.5) is 5.69 Å². The summed E-state index contributed by atoms with van der Waals surface area (Å²) in [6, 6.07) is 13.7. The van der Waals surface area contributed by atoms with Gasteiger partial charge in [0.1, 0.15) is 5.82 Å². The van der Waals surface area contributed by atoms with E-state index in [2.05, 4.69) is 34.1 Å². The molecule has 4 rings (SSSR count). The summed E-state index contributed by atoms with van der Waals surface area (Å²) in [5, 5.41) is 4.10. The first-order valence-electron chi connectivity index (χ1n) is 8.40. The number of nitrogens with zero attached hydrogens (tertiary/aromatic N) is 3. The average Bonchev–Trinajstić information content (AvgIpc) is 3.15. The van der Waals surface area contributed by atoms with Gasteiger partial charge >= 0.3 is 0 Å². The first kappa shape index (κ1) is 15.4. The second-order valence-corrected chi connectivity index (χ2v) is 6.25. The van der Waals surface area contributed by atoms with Gasteiger partial charge in [-0.2, -0.15) is 0 Å². The predicted molar refractivity (Wildman–Crippen MR) is 101 cm³/mol. The molecule has 0 unspecified atom stereocenters. The molecule has 0 spiro atoms. The normalized spacial score (nSPS) is 11.3. The Labute approximate surface area is 145 Å². The summed E-state index contributed by atoms with van der Waals surface area (Å²) in [5.74, 6) is 0.804. The van der Waals surface area contributed by atoms with Crippen LogP contribution in [0.1, 0.15) is 23.1 Å². The van der Waals surface area contributed by atoms with E-state index in [9.17, 15) is 4.79 Å². The summed E-state index contributed by atoms with van der Waals surface area (Å²) in [7, 11) is 1.97. The number of fused-ring (bicyclic) bond motifs is 2. The lowest BCUT2D eigenvalue weighted by Crippen LogP contribution is -2.11. The van der Waals surface area contributed by atoms with Crippen LogP contribution in [0.2, 0.25) is 0 Å². The molecule has 0 saturated carbocycles. The molecule has 25 heavy (non-hydrogen) atoms. The summed E-state index contributed by atoms with van der Waals surface area (Å²) in [4.78, 5) is 17.1. The van der Waals surface area contributed by atoms with E-state index in [1.807, 2.05) is 54.9 Å². The summed E-state index contributed by atoms with van der Waals surface area (Å²) in [5.41, 5.74) is 4.44. The number of benzene rings is 2. The van der Waals surface area contributed by atoms with Crippen molar-refractivity contribution in [2.24, 2.45) is 7.05 Å². The van der Waals surface area contributed by atoms with Crippen LogP contribution >= 0.6 is 0 Å². The monoisotopic (exact) mass is 332 g/mol. The van der Waals surface area contributed by atoms with Crippen molar-refractivity contribution in [3.63, 3.8) is 0 Å². The average molecular weight is 332 g/mol. The molecule has 5 nitrogen and oxygen atoms in total. The number of anilines is 1. The van der Waals surface area contributed by atoms with Crippen LogP contribution in [-0.4, -0.2) is 20.0 Å². The van der Waals surface area contributed by atoms with Gasteiger partial charge in [0.2, 0.25) is 0 Å². The standard InChI is InChI=1S/C20H20N4O/c1-4-24-10-9-14-11-16(6-8-18(14)24)22-20(25)15-5-7-19-17(12-15)21-13(2)23(19)3/h5-12H,4H2,1-3H3,(H,22,25). The molecule has 0 saturated heterocycles. The van der Waals surface area contributed by atoms with E-state index < -0.39 is 0 Å². The van der Waals surface area contributed by atoms with E-state index in [0.29, 0.717) is 5.56 Å². The second-order valence-electron chi connectivity index (χ2n) is 6.25. The van der Waals surface area contributed by atoms with Crippen molar-refractivity contribution in [2.75, 3.05) is 5.32 Å². The van der Waals surface area contributed by atoms with Crippen molar-refractivity contribution < 1.29 is 4.79 Å². The third kappa shape index (κ3) is 2.58. The molecule has 0 aliphatic rings. The van der Waals surface area contributed by atoms with Crippen molar-refractivity contribution in [2.45, 2.75) is 20.4 Å². The Morgan fingerprint density at radius 1 is 1.12 bits per heavy atom. The summed E-state index contributed by atoms with van der Waals surface area (Å²) in [6.07, 6.45) is 2.06. The van der Waals surface area contributed by atoms with Crippen molar-refractivity contribution in [1.82, 2.24) is 14.1 Å². The smallest absolute Gasteiger partial charge is 0.255 e. The van der Waals surface area contributed by atoms with Gasteiger partial charge in [0.25, 0.3) is 5.91 Å². The number of amides is 1. The Morgan fingerprint density at radius 3 is 2.72 bits per heavy atom. The minimum atomic E-state index is -0.125. The Hall–Kier alpha value is -3.08. The van der Waals surface area contributed by atoms with E-state index in [1.54, 1.807) is 0 Å². The van der Waals surface area contributed by atoms with Gasteiger partial charge in [-0.3, -0.25) is 4.79 Å². The maximum absolute atomic E-state index is 12.6. The lowest BCUT2D eigenvalue weighted by atomic mass is 10.1. The first-order chi connectivity index (χ1) is 12.1. The van der Waals surface area contributed by atoms with Gasteiger partial charge in [-0.05, 0) is 56.3 Å². The number of aromatic nitrogens is 3. The molecule has 1 N–H and O–H groups in total. The Kier molecular flexibility index (Phi) is 3.57. The van der Waals surface area contributed by atoms with Crippen molar-refractivity contribution >= 4 is 33.5 Å². The number of hydrogen-bond acceptors (Lipinski definition) is 2. The highest BCUT2D eigenvalue weighted by atomic mass is 16.1. The maximum Gasteiger partial charge on any atom is 0.255 e. The lowest BCUT2D eigenvalue weighted by Gasteiger charge is -2.07. The molecule has 0 aliphatic heterocycles. The number of carbonyl (C=O) groups is 1. The van der Waals surface area contributed by atoms with Crippen LogP contribution in [0, 0.1) is 6.92 Å². The topological polar surface area (TPSA) is 51.9 Å². The molecule has 2 heterocycles. The number of imidazole rings is 1. The van der Waals surface area contributed by atoms with Crippen molar-refractivity contribution in [3.05, 3.63) is 60.0 Å².